The molecule has 0 aliphatic heterocycles. The second-order valence-electron chi connectivity index (χ2n) is 5.88. The van der Waals surface area contributed by atoms with Gasteiger partial charge in [-0.05, 0) is 36.6 Å². The number of alkyl halides is 3. The maximum atomic E-state index is 12.9. The van der Waals surface area contributed by atoms with E-state index in [-0.39, 0.29) is 5.56 Å². The van der Waals surface area contributed by atoms with Gasteiger partial charge in [-0.2, -0.15) is 13.2 Å². The van der Waals surface area contributed by atoms with Crippen LogP contribution in [0.3, 0.4) is 0 Å². The Morgan fingerprint density at radius 3 is 2.37 bits per heavy atom. The largest absolute Gasteiger partial charge is 0.416 e. The number of amides is 1. The van der Waals surface area contributed by atoms with E-state index in [9.17, 15) is 26.4 Å². The van der Waals surface area contributed by atoms with Crippen molar-refractivity contribution in [3.63, 3.8) is 0 Å². The van der Waals surface area contributed by atoms with Gasteiger partial charge >= 0.3 is 6.18 Å². The van der Waals surface area contributed by atoms with Gasteiger partial charge in [-0.1, -0.05) is 36.4 Å². The van der Waals surface area contributed by atoms with Gasteiger partial charge in [0.1, 0.15) is 0 Å². The lowest BCUT2D eigenvalue weighted by Gasteiger charge is -2.13. The van der Waals surface area contributed by atoms with Crippen molar-refractivity contribution in [1.82, 2.24) is 10.0 Å². The lowest BCUT2D eigenvalue weighted by atomic mass is 10.1. The molecule has 2 N–H and O–H groups in total. The lowest BCUT2D eigenvalue weighted by Crippen LogP contribution is -2.37. The molecule has 0 aliphatic rings. The lowest BCUT2D eigenvalue weighted by molar-refractivity contribution is -0.138. The quantitative estimate of drug-likeness (QED) is 0.750. The minimum absolute atomic E-state index is 0.0832. The molecule has 1 amide bonds. The SMILES string of the molecule is Cc1ccc(S(=O)(=O)NCC(=O)NCCc2ccccc2)cc1C(F)(F)F. The number of sulfonamides is 1. The molecule has 0 fully saturated rings. The van der Waals surface area contributed by atoms with Gasteiger partial charge in [0.2, 0.25) is 15.9 Å². The molecule has 0 aromatic heterocycles. The molecular formula is C18H19F3N2O3S. The van der Waals surface area contributed by atoms with Crippen molar-refractivity contribution in [1.29, 1.82) is 0 Å². The van der Waals surface area contributed by atoms with E-state index < -0.39 is 39.1 Å². The van der Waals surface area contributed by atoms with Crippen LogP contribution in [0.2, 0.25) is 0 Å². The van der Waals surface area contributed by atoms with Gasteiger partial charge < -0.3 is 5.32 Å². The third kappa shape index (κ3) is 6.07. The summed E-state index contributed by atoms with van der Waals surface area (Å²) in [6, 6.07) is 12.1. The average Bonchev–Trinajstić information content (AvgIpc) is 2.60. The van der Waals surface area contributed by atoms with Gasteiger partial charge in [0, 0.05) is 6.54 Å². The Hall–Kier alpha value is -2.39. The number of hydrogen-bond donors (Lipinski definition) is 2. The highest BCUT2D eigenvalue weighted by Gasteiger charge is 2.33. The molecule has 0 heterocycles. The van der Waals surface area contributed by atoms with E-state index in [1.54, 1.807) is 0 Å². The summed E-state index contributed by atoms with van der Waals surface area (Å²) in [4.78, 5) is 11.2. The maximum absolute atomic E-state index is 12.9. The van der Waals surface area contributed by atoms with Crippen molar-refractivity contribution in [3.05, 3.63) is 65.2 Å². The summed E-state index contributed by atoms with van der Waals surface area (Å²) in [5, 5.41) is 2.55. The molecule has 0 saturated heterocycles. The number of benzene rings is 2. The van der Waals surface area contributed by atoms with Crippen LogP contribution < -0.4 is 10.0 Å². The highest BCUT2D eigenvalue weighted by Crippen LogP contribution is 2.33. The molecule has 146 valence electrons. The van der Waals surface area contributed by atoms with Crippen LogP contribution in [0.5, 0.6) is 0 Å². The zero-order valence-electron chi connectivity index (χ0n) is 14.5. The topological polar surface area (TPSA) is 75.3 Å². The fraction of sp³-hybridized carbons (Fsp3) is 0.278. The first-order chi connectivity index (χ1) is 12.6. The summed E-state index contributed by atoms with van der Waals surface area (Å²) in [5.41, 5.74) is -0.101. The minimum Gasteiger partial charge on any atom is -0.355 e. The van der Waals surface area contributed by atoms with Crippen LogP contribution >= 0.6 is 0 Å². The standard InChI is InChI=1S/C18H19F3N2O3S/c1-13-7-8-15(11-16(13)18(19,20)21)27(25,26)23-12-17(24)22-10-9-14-5-3-2-4-6-14/h2-8,11,23H,9-10,12H2,1H3,(H,22,24). The molecule has 2 rings (SSSR count). The number of hydrogen-bond acceptors (Lipinski definition) is 3. The van der Waals surface area contributed by atoms with Crippen LogP contribution in [0, 0.1) is 6.92 Å². The molecular weight excluding hydrogens is 381 g/mol. The Bertz CT molecular complexity index is 898. The third-order valence-corrected chi connectivity index (χ3v) is 5.23. The van der Waals surface area contributed by atoms with Gasteiger partial charge in [0.15, 0.2) is 0 Å². The van der Waals surface area contributed by atoms with Crippen LogP contribution in [-0.4, -0.2) is 27.4 Å². The van der Waals surface area contributed by atoms with E-state index in [1.165, 1.54) is 6.92 Å². The van der Waals surface area contributed by atoms with Crippen LogP contribution in [0.1, 0.15) is 16.7 Å². The maximum Gasteiger partial charge on any atom is 0.416 e. The van der Waals surface area contributed by atoms with E-state index in [0.29, 0.717) is 19.0 Å². The van der Waals surface area contributed by atoms with Crippen LogP contribution in [0.25, 0.3) is 0 Å². The first kappa shape index (κ1) is 20.9. The highest BCUT2D eigenvalue weighted by atomic mass is 32.2. The molecule has 0 radical (unpaired) electrons. The number of rotatable bonds is 7. The van der Waals surface area contributed by atoms with Crippen molar-refractivity contribution in [2.45, 2.75) is 24.4 Å². The monoisotopic (exact) mass is 400 g/mol. The molecule has 0 bridgehead atoms. The van der Waals surface area contributed by atoms with Gasteiger partial charge in [0.05, 0.1) is 17.0 Å². The second-order valence-corrected chi connectivity index (χ2v) is 7.65. The predicted octanol–water partition coefficient (Wildman–Crippen LogP) is 2.65. The van der Waals surface area contributed by atoms with Crippen LogP contribution in [0.4, 0.5) is 13.2 Å². The summed E-state index contributed by atoms with van der Waals surface area (Å²) in [6.07, 6.45) is -4.09. The number of carbonyl (C=O) groups excluding carboxylic acids is 1. The summed E-state index contributed by atoms with van der Waals surface area (Å²) in [5.74, 6) is -0.572. The van der Waals surface area contributed by atoms with Crippen LogP contribution in [0.15, 0.2) is 53.4 Å². The Kier molecular flexibility index (Phi) is 6.61. The van der Waals surface area contributed by atoms with E-state index in [4.69, 9.17) is 0 Å². The van der Waals surface area contributed by atoms with Gasteiger partial charge in [0.25, 0.3) is 0 Å². The van der Waals surface area contributed by atoms with Gasteiger partial charge in [-0.25, -0.2) is 13.1 Å². The fourth-order valence-electron chi connectivity index (χ4n) is 2.37. The van der Waals surface area contributed by atoms with Crippen molar-refractivity contribution in [2.24, 2.45) is 0 Å². The van der Waals surface area contributed by atoms with E-state index >= 15 is 0 Å². The third-order valence-electron chi connectivity index (χ3n) is 3.83. The normalized spacial score (nSPS) is 12.0. The van der Waals surface area contributed by atoms with E-state index in [0.717, 1.165) is 17.7 Å². The second kappa shape index (κ2) is 8.53. The molecule has 9 heteroatoms. The van der Waals surface area contributed by atoms with Crippen molar-refractivity contribution in [3.8, 4) is 0 Å². The number of carbonyl (C=O) groups is 1. The highest BCUT2D eigenvalue weighted by molar-refractivity contribution is 7.89. The molecule has 0 saturated carbocycles. The molecule has 2 aromatic carbocycles. The fourth-order valence-corrected chi connectivity index (χ4v) is 3.38. The molecule has 5 nitrogen and oxygen atoms in total. The predicted molar refractivity (Wildman–Crippen MR) is 94.5 cm³/mol. The molecule has 2 aromatic rings. The zero-order valence-corrected chi connectivity index (χ0v) is 15.3. The average molecular weight is 400 g/mol. The summed E-state index contributed by atoms with van der Waals surface area (Å²) < 4.78 is 65.1. The van der Waals surface area contributed by atoms with Gasteiger partial charge in [-0.15, -0.1) is 0 Å². The summed E-state index contributed by atoms with van der Waals surface area (Å²) in [7, 11) is -4.24. The Labute approximate surface area is 155 Å². The molecule has 27 heavy (non-hydrogen) atoms. The summed E-state index contributed by atoms with van der Waals surface area (Å²) >= 11 is 0. The van der Waals surface area contributed by atoms with Gasteiger partial charge in [-0.3, -0.25) is 4.79 Å². The number of nitrogens with one attached hydrogen (secondary N) is 2. The van der Waals surface area contributed by atoms with E-state index in [2.05, 4.69) is 5.32 Å². The molecule has 0 spiro atoms. The number of aryl methyl sites for hydroxylation is 1. The minimum atomic E-state index is -4.66. The van der Waals surface area contributed by atoms with E-state index in [1.807, 2.05) is 35.1 Å². The Morgan fingerprint density at radius 1 is 1.07 bits per heavy atom. The summed E-state index contributed by atoms with van der Waals surface area (Å²) in [6.45, 7) is 0.993. The zero-order chi connectivity index (χ0) is 20.1. The van der Waals surface area contributed by atoms with Crippen LogP contribution in [-0.2, 0) is 27.4 Å². The van der Waals surface area contributed by atoms with Crippen molar-refractivity contribution in [2.75, 3.05) is 13.1 Å². The van der Waals surface area contributed by atoms with Crippen molar-refractivity contribution < 1.29 is 26.4 Å². The molecule has 0 unspecified atom stereocenters. The Morgan fingerprint density at radius 2 is 1.74 bits per heavy atom. The molecule has 0 aliphatic carbocycles. The molecule has 0 atom stereocenters. The first-order valence-corrected chi connectivity index (χ1v) is 9.56. The first-order valence-electron chi connectivity index (χ1n) is 8.08. The number of halogens is 3. The Balaban J connectivity index is 1.93. The van der Waals surface area contributed by atoms with Crippen molar-refractivity contribution >= 4 is 15.9 Å². The smallest absolute Gasteiger partial charge is 0.355 e.